The monoisotopic (exact) mass is 222 g/mol. The van der Waals surface area contributed by atoms with Crippen molar-refractivity contribution in [1.29, 1.82) is 0 Å². The van der Waals surface area contributed by atoms with Gasteiger partial charge in [-0.25, -0.2) is 8.78 Å². The van der Waals surface area contributed by atoms with Crippen molar-refractivity contribution in [2.75, 3.05) is 13.2 Å². The second kappa shape index (κ2) is 3.47. The molecule has 16 heavy (non-hydrogen) atoms. The van der Waals surface area contributed by atoms with Crippen LogP contribution in [-0.4, -0.2) is 18.1 Å². The number of hydrogen-bond donors (Lipinski definition) is 1. The maximum Gasteiger partial charge on any atom is 0.129 e. The van der Waals surface area contributed by atoms with E-state index in [9.17, 15) is 8.78 Å². The summed E-state index contributed by atoms with van der Waals surface area (Å²) in [7, 11) is 0. The summed E-state index contributed by atoms with van der Waals surface area (Å²) in [4.78, 5) is 2.12. The van der Waals surface area contributed by atoms with Crippen molar-refractivity contribution in [1.82, 2.24) is 10.2 Å². The van der Waals surface area contributed by atoms with Gasteiger partial charge in [-0.1, -0.05) is 6.07 Å². The Hall–Kier alpha value is -1.58. The number of halogens is 2. The highest BCUT2D eigenvalue weighted by Crippen LogP contribution is 2.37. The van der Waals surface area contributed by atoms with Crippen LogP contribution in [0.1, 0.15) is 17.9 Å². The molecule has 4 heteroatoms. The fraction of sp³-hybridized carbons (Fsp3) is 0.333. The third-order valence-electron chi connectivity index (χ3n) is 3.26. The summed E-state index contributed by atoms with van der Waals surface area (Å²) in [6, 6.07) is 4.06. The van der Waals surface area contributed by atoms with Crippen molar-refractivity contribution in [3.8, 4) is 0 Å². The fourth-order valence-electron chi connectivity index (χ4n) is 2.51. The van der Waals surface area contributed by atoms with E-state index >= 15 is 0 Å². The predicted molar refractivity (Wildman–Crippen MR) is 56.5 cm³/mol. The first-order valence-electron chi connectivity index (χ1n) is 5.37. The average Bonchev–Trinajstić information content (AvgIpc) is 2.77. The molecule has 0 spiro atoms. The molecule has 84 valence electrons. The molecule has 2 aliphatic rings. The maximum absolute atomic E-state index is 13.6. The van der Waals surface area contributed by atoms with Crippen molar-refractivity contribution in [3.05, 3.63) is 47.3 Å². The number of fused-ring (bicyclic) bond motifs is 1. The van der Waals surface area contributed by atoms with Crippen LogP contribution in [0.15, 0.2) is 30.1 Å². The van der Waals surface area contributed by atoms with E-state index < -0.39 is 11.6 Å². The molecule has 0 bridgehead atoms. The second-order valence-electron chi connectivity index (χ2n) is 4.26. The third-order valence-corrected chi connectivity index (χ3v) is 3.26. The Kier molecular flexibility index (Phi) is 2.09. The van der Waals surface area contributed by atoms with E-state index in [2.05, 4.69) is 10.2 Å². The van der Waals surface area contributed by atoms with E-state index in [0.717, 1.165) is 12.4 Å². The smallest absolute Gasteiger partial charge is 0.129 e. The van der Waals surface area contributed by atoms with Gasteiger partial charge in [0.2, 0.25) is 0 Å². The van der Waals surface area contributed by atoms with Crippen LogP contribution in [0.4, 0.5) is 8.78 Å². The van der Waals surface area contributed by atoms with Gasteiger partial charge in [-0.2, -0.15) is 0 Å². The van der Waals surface area contributed by atoms with E-state index in [1.54, 1.807) is 0 Å². The second-order valence-corrected chi connectivity index (χ2v) is 4.26. The van der Waals surface area contributed by atoms with E-state index in [1.165, 1.54) is 18.2 Å². The van der Waals surface area contributed by atoms with Crippen LogP contribution in [0.25, 0.3) is 0 Å². The Morgan fingerprint density at radius 3 is 2.69 bits per heavy atom. The lowest BCUT2D eigenvalue weighted by Crippen LogP contribution is -2.22. The number of nitrogens with zero attached hydrogens (tertiary/aromatic N) is 1. The van der Waals surface area contributed by atoms with Crippen molar-refractivity contribution in [2.24, 2.45) is 0 Å². The number of nitrogens with one attached hydrogen (secondary N) is 1. The number of benzene rings is 1. The molecule has 1 aromatic rings. The number of hydrogen-bond acceptors (Lipinski definition) is 2. The summed E-state index contributed by atoms with van der Waals surface area (Å²) in [5.74, 6) is -0.922. The average molecular weight is 222 g/mol. The summed E-state index contributed by atoms with van der Waals surface area (Å²) < 4.78 is 27.2. The van der Waals surface area contributed by atoms with Crippen LogP contribution >= 0.6 is 0 Å². The Labute approximate surface area is 92.6 Å². The topological polar surface area (TPSA) is 15.3 Å². The minimum Gasteiger partial charge on any atom is -0.372 e. The molecule has 2 aliphatic heterocycles. The van der Waals surface area contributed by atoms with Gasteiger partial charge in [-0.3, -0.25) is 0 Å². The molecule has 0 amide bonds. The van der Waals surface area contributed by atoms with E-state index in [1.807, 2.05) is 6.20 Å². The lowest BCUT2D eigenvalue weighted by Gasteiger charge is -2.15. The fourth-order valence-corrected chi connectivity index (χ4v) is 2.51. The van der Waals surface area contributed by atoms with Crippen molar-refractivity contribution < 1.29 is 8.78 Å². The molecule has 0 unspecified atom stereocenters. The van der Waals surface area contributed by atoms with Crippen molar-refractivity contribution in [3.63, 3.8) is 0 Å². The Balaban J connectivity index is 1.94. The molecule has 1 saturated heterocycles. The molecule has 2 nitrogen and oxygen atoms in total. The number of allylic oxidation sites excluding steroid dienone is 1. The lowest BCUT2D eigenvalue weighted by atomic mass is 9.96. The van der Waals surface area contributed by atoms with Crippen LogP contribution in [0, 0.1) is 11.6 Å². The van der Waals surface area contributed by atoms with Crippen molar-refractivity contribution in [2.45, 2.75) is 12.3 Å². The Morgan fingerprint density at radius 2 is 2.00 bits per heavy atom. The molecule has 1 fully saturated rings. The van der Waals surface area contributed by atoms with Crippen LogP contribution in [0.5, 0.6) is 0 Å². The highest BCUT2D eigenvalue weighted by Gasteiger charge is 2.32. The van der Waals surface area contributed by atoms with Crippen LogP contribution in [0.2, 0.25) is 0 Å². The normalized spacial score (nSPS) is 23.0. The molecule has 1 N–H and O–H groups in total. The van der Waals surface area contributed by atoms with E-state index in [-0.39, 0.29) is 11.5 Å². The predicted octanol–water partition coefficient (Wildman–Crippen LogP) is 2.16. The maximum atomic E-state index is 13.6. The highest BCUT2D eigenvalue weighted by molar-refractivity contribution is 5.29. The molecule has 0 saturated carbocycles. The summed E-state index contributed by atoms with van der Waals surface area (Å²) in [6.07, 6.45) is 2.64. The highest BCUT2D eigenvalue weighted by atomic mass is 19.1. The molecule has 1 aromatic carbocycles. The summed E-state index contributed by atoms with van der Waals surface area (Å²) >= 11 is 0. The first-order chi connectivity index (χ1) is 7.75. The van der Waals surface area contributed by atoms with E-state index in [0.29, 0.717) is 13.0 Å². The zero-order valence-corrected chi connectivity index (χ0v) is 8.71. The van der Waals surface area contributed by atoms with Gasteiger partial charge in [0, 0.05) is 29.9 Å². The molecular weight excluding hydrogens is 210 g/mol. The summed E-state index contributed by atoms with van der Waals surface area (Å²) in [6.45, 7) is 1.44. The minimum atomic E-state index is -0.431. The summed E-state index contributed by atoms with van der Waals surface area (Å²) in [5.41, 5.74) is 1.38. The molecule has 1 atom stereocenters. The zero-order chi connectivity index (χ0) is 11.1. The van der Waals surface area contributed by atoms with Gasteiger partial charge >= 0.3 is 0 Å². The van der Waals surface area contributed by atoms with Gasteiger partial charge in [-0.05, 0) is 18.6 Å². The van der Waals surface area contributed by atoms with Gasteiger partial charge in [0.25, 0.3) is 0 Å². The number of rotatable bonds is 1. The summed E-state index contributed by atoms with van der Waals surface area (Å²) in [5, 5.41) is 3.10. The minimum absolute atomic E-state index is 0.0606. The lowest BCUT2D eigenvalue weighted by molar-refractivity contribution is 0.394. The zero-order valence-electron chi connectivity index (χ0n) is 8.71. The van der Waals surface area contributed by atoms with Crippen molar-refractivity contribution >= 4 is 0 Å². The van der Waals surface area contributed by atoms with Crippen LogP contribution in [-0.2, 0) is 0 Å². The molecule has 3 rings (SSSR count). The molecule has 0 aliphatic carbocycles. The molecule has 0 aromatic heterocycles. The SMILES string of the molecule is Fc1cccc(F)c1[C@@H]1CC2=CNCN2C1. The Morgan fingerprint density at radius 1 is 1.25 bits per heavy atom. The molecule has 0 radical (unpaired) electrons. The largest absolute Gasteiger partial charge is 0.372 e. The van der Waals surface area contributed by atoms with Crippen LogP contribution < -0.4 is 5.32 Å². The molecule has 2 heterocycles. The van der Waals surface area contributed by atoms with Gasteiger partial charge in [0.1, 0.15) is 11.6 Å². The Bertz CT molecular complexity index is 436. The van der Waals surface area contributed by atoms with E-state index in [4.69, 9.17) is 0 Å². The van der Waals surface area contributed by atoms with Gasteiger partial charge in [0.15, 0.2) is 0 Å². The van der Waals surface area contributed by atoms with Gasteiger partial charge in [0.05, 0.1) is 6.67 Å². The first-order valence-corrected chi connectivity index (χ1v) is 5.37. The first kappa shape index (κ1) is 9.63. The van der Waals surface area contributed by atoms with Gasteiger partial charge < -0.3 is 10.2 Å². The standard InChI is InChI=1S/C12H12F2N2/c13-10-2-1-3-11(14)12(10)8-4-9-5-15-7-16(9)6-8/h1-3,5,8,15H,4,6-7H2/t8-/m1/s1. The molecular formula is C12H12F2N2. The van der Waals surface area contributed by atoms with Crippen LogP contribution in [0.3, 0.4) is 0 Å². The quantitative estimate of drug-likeness (QED) is 0.783. The van der Waals surface area contributed by atoms with Gasteiger partial charge in [-0.15, -0.1) is 0 Å². The third kappa shape index (κ3) is 1.37.